The summed E-state index contributed by atoms with van der Waals surface area (Å²) in [6.45, 7) is 4.64. The van der Waals surface area contributed by atoms with Gasteiger partial charge in [-0.15, -0.1) is 0 Å². The molecule has 1 fully saturated rings. The van der Waals surface area contributed by atoms with Gasteiger partial charge in [-0.05, 0) is 18.9 Å². The normalized spacial score (nSPS) is 25.2. The number of nitrogens with one attached hydrogen (secondary N) is 1. The van der Waals surface area contributed by atoms with E-state index in [1.54, 1.807) is 11.5 Å². The van der Waals surface area contributed by atoms with Crippen LogP contribution in [0.4, 0.5) is 5.82 Å². The van der Waals surface area contributed by atoms with Gasteiger partial charge in [0.05, 0.1) is 11.5 Å². The van der Waals surface area contributed by atoms with Crippen molar-refractivity contribution >= 4 is 16.9 Å². The van der Waals surface area contributed by atoms with E-state index in [2.05, 4.69) is 22.2 Å². The first-order valence-electron chi connectivity index (χ1n) is 9.28. The van der Waals surface area contributed by atoms with Crippen molar-refractivity contribution in [2.24, 2.45) is 0 Å². The summed E-state index contributed by atoms with van der Waals surface area (Å²) in [5, 5.41) is 24.8. The maximum Gasteiger partial charge on any atom is 0.164 e. The van der Waals surface area contributed by atoms with Crippen LogP contribution in [-0.2, 0) is 4.74 Å². The van der Waals surface area contributed by atoms with E-state index in [9.17, 15) is 10.2 Å². The van der Waals surface area contributed by atoms with Gasteiger partial charge in [0.1, 0.15) is 30.0 Å². The van der Waals surface area contributed by atoms with Crippen LogP contribution in [-0.4, -0.2) is 49.6 Å². The summed E-state index contributed by atoms with van der Waals surface area (Å²) in [5.74, 6) is 0.750. The molecule has 0 saturated carbocycles. The first-order chi connectivity index (χ1) is 13.1. The van der Waals surface area contributed by atoms with Gasteiger partial charge in [-0.25, -0.2) is 9.97 Å². The quantitative estimate of drug-likeness (QED) is 0.641. The average molecular weight is 368 g/mol. The van der Waals surface area contributed by atoms with E-state index in [4.69, 9.17) is 4.74 Å². The van der Waals surface area contributed by atoms with Crippen LogP contribution in [0.2, 0.25) is 0 Å². The average Bonchev–Trinajstić information content (AvgIpc) is 3.20. The van der Waals surface area contributed by atoms with Crippen LogP contribution in [0, 0.1) is 0 Å². The van der Waals surface area contributed by atoms with E-state index in [1.807, 2.05) is 36.5 Å². The number of fused-ring (bicyclic) bond motifs is 1. The van der Waals surface area contributed by atoms with Gasteiger partial charge in [-0.2, -0.15) is 0 Å². The lowest BCUT2D eigenvalue weighted by molar-refractivity contribution is -0.0295. The van der Waals surface area contributed by atoms with Gasteiger partial charge in [-0.3, -0.25) is 0 Å². The van der Waals surface area contributed by atoms with Gasteiger partial charge in [-0.1, -0.05) is 37.3 Å². The fraction of sp³-hybridized carbons (Fsp3) is 0.400. The predicted octanol–water partition coefficient (Wildman–Crippen LogP) is 2.56. The fourth-order valence-corrected chi connectivity index (χ4v) is 3.55. The van der Waals surface area contributed by atoms with Crippen LogP contribution >= 0.6 is 0 Å². The molecule has 3 aromatic rings. The highest BCUT2D eigenvalue weighted by atomic mass is 16.6. The Morgan fingerprint density at radius 2 is 1.93 bits per heavy atom. The first-order valence-corrected chi connectivity index (χ1v) is 9.28. The van der Waals surface area contributed by atoms with Crippen LogP contribution in [0.3, 0.4) is 0 Å². The van der Waals surface area contributed by atoms with Gasteiger partial charge in [0.25, 0.3) is 0 Å². The summed E-state index contributed by atoms with van der Waals surface area (Å²) >= 11 is 0. The van der Waals surface area contributed by atoms with Crippen molar-refractivity contribution in [3.8, 4) is 11.1 Å². The number of hydrogen-bond acceptors (Lipinski definition) is 6. The molecule has 1 aromatic carbocycles. The maximum atomic E-state index is 10.5. The van der Waals surface area contributed by atoms with Gasteiger partial charge in [0.15, 0.2) is 6.23 Å². The molecule has 0 amide bonds. The highest BCUT2D eigenvalue weighted by molar-refractivity contribution is 6.01. The topological polar surface area (TPSA) is 92.4 Å². The Morgan fingerprint density at radius 1 is 1.15 bits per heavy atom. The lowest BCUT2D eigenvalue weighted by Gasteiger charge is -2.17. The van der Waals surface area contributed by atoms with Crippen LogP contribution in [0.5, 0.6) is 0 Å². The standard InChI is InChI=1S/C20H24N4O3/c1-3-9-21-18-15-14(13-7-5-4-6-8-13)10-24(19(15)23-11-22-18)20-17(26)16(25)12(2)27-20/h4-8,10-12,16-17,20,25-26H,3,9H2,1-2H3,(H,21,22,23)/t12-,16-,17-,20-/m1/s1. The molecular formula is C20H24N4O3. The van der Waals surface area contributed by atoms with E-state index in [1.165, 1.54) is 6.33 Å². The summed E-state index contributed by atoms with van der Waals surface area (Å²) in [7, 11) is 0. The Bertz CT molecular complexity index is 928. The highest BCUT2D eigenvalue weighted by Gasteiger charge is 2.42. The second-order valence-corrected chi connectivity index (χ2v) is 6.88. The monoisotopic (exact) mass is 368 g/mol. The third kappa shape index (κ3) is 3.07. The minimum atomic E-state index is -1.03. The van der Waals surface area contributed by atoms with Crippen LogP contribution < -0.4 is 5.32 Å². The Morgan fingerprint density at radius 3 is 2.59 bits per heavy atom. The van der Waals surface area contributed by atoms with Gasteiger partial charge >= 0.3 is 0 Å². The highest BCUT2D eigenvalue weighted by Crippen LogP contribution is 2.38. The van der Waals surface area contributed by atoms with Crippen molar-refractivity contribution in [2.45, 2.75) is 44.8 Å². The zero-order chi connectivity index (χ0) is 19.0. The number of hydrogen-bond donors (Lipinski definition) is 3. The summed E-state index contributed by atoms with van der Waals surface area (Å²) in [6.07, 6.45) is 1.28. The summed E-state index contributed by atoms with van der Waals surface area (Å²) in [6, 6.07) is 9.98. The van der Waals surface area contributed by atoms with Crippen molar-refractivity contribution in [1.82, 2.24) is 14.5 Å². The second-order valence-electron chi connectivity index (χ2n) is 6.88. The Kier molecular flexibility index (Phi) is 4.82. The Labute approximate surface area is 157 Å². The van der Waals surface area contributed by atoms with Crippen molar-refractivity contribution in [2.75, 3.05) is 11.9 Å². The number of ether oxygens (including phenoxy) is 1. The summed E-state index contributed by atoms with van der Waals surface area (Å²) in [4.78, 5) is 8.90. The molecule has 142 valence electrons. The van der Waals surface area contributed by atoms with Crippen LogP contribution in [0.25, 0.3) is 22.2 Å². The van der Waals surface area contributed by atoms with E-state index in [0.29, 0.717) is 5.65 Å². The smallest absolute Gasteiger partial charge is 0.164 e. The zero-order valence-electron chi connectivity index (χ0n) is 15.4. The van der Waals surface area contributed by atoms with E-state index >= 15 is 0 Å². The Hall–Kier alpha value is -2.48. The van der Waals surface area contributed by atoms with Gasteiger partial charge < -0.3 is 24.8 Å². The molecule has 2 aromatic heterocycles. The lowest BCUT2D eigenvalue weighted by Crippen LogP contribution is -2.30. The molecule has 7 nitrogen and oxygen atoms in total. The summed E-state index contributed by atoms with van der Waals surface area (Å²) < 4.78 is 7.63. The molecule has 3 heterocycles. The number of aromatic nitrogens is 3. The number of anilines is 1. The largest absolute Gasteiger partial charge is 0.388 e. The molecule has 3 N–H and O–H groups in total. The molecule has 1 aliphatic rings. The minimum absolute atomic E-state index is 0.456. The SMILES string of the molecule is CCCNc1ncnc2c1c(-c1ccccc1)cn2[C@@H]1O[C@H](C)[C@@H](O)[C@H]1O. The molecule has 1 saturated heterocycles. The molecule has 4 atom stereocenters. The number of aliphatic hydroxyl groups is 2. The molecule has 0 bridgehead atoms. The molecular weight excluding hydrogens is 344 g/mol. The van der Waals surface area contributed by atoms with Crippen LogP contribution in [0.1, 0.15) is 26.5 Å². The molecule has 0 unspecified atom stereocenters. The zero-order valence-corrected chi connectivity index (χ0v) is 15.4. The number of benzene rings is 1. The molecule has 0 aliphatic carbocycles. The van der Waals surface area contributed by atoms with Crippen molar-refractivity contribution < 1.29 is 14.9 Å². The molecule has 0 spiro atoms. The molecule has 1 aliphatic heterocycles. The minimum Gasteiger partial charge on any atom is -0.388 e. The number of rotatable bonds is 5. The lowest BCUT2D eigenvalue weighted by atomic mass is 10.1. The van der Waals surface area contributed by atoms with Gasteiger partial charge in [0.2, 0.25) is 0 Å². The third-order valence-electron chi connectivity index (χ3n) is 4.99. The van der Waals surface area contributed by atoms with Gasteiger partial charge in [0, 0.05) is 18.3 Å². The Balaban J connectivity index is 1.91. The molecule has 4 rings (SSSR count). The van der Waals surface area contributed by atoms with E-state index in [0.717, 1.165) is 35.3 Å². The van der Waals surface area contributed by atoms with Crippen molar-refractivity contribution in [3.63, 3.8) is 0 Å². The molecule has 7 heteroatoms. The second kappa shape index (κ2) is 7.26. The first kappa shape index (κ1) is 17.9. The predicted molar refractivity (Wildman–Crippen MR) is 103 cm³/mol. The number of nitrogens with zero attached hydrogens (tertiary/aromatic N) is 3. The molecule has 27 heavy (non-hydrogen) atoms. The molecule has 0 radical (unpaired) electrons. The fourth-order valence-electron chi connectivity index (χ4n) is 3.55. The number of aliphatic hydroxyl groups excluding tert-OH is 2. The van der Waals surface area contributed by atoms with Crippen LogP contribution in [0.15, 0.2) is 42.9 Å². The van der Waals surface area contributed by atoms with Crippen molar-refractivity contribution in [3.05, 3.63) is 42.9 Å². The van der Waals surface area contributed by atoms with Crippen molar-refractivity contribution in [1.29, 1.82) is 0 Å². The summed E-state index contributed by atoms with van der Waals surface area (Å²) in [5.41, 5.74) is 2.64. The maximum absolute atomic E-state index is 10.5. The van der Waals surface area contributed by atoms with E-state index in [-0.39, 0.29) is 0 Å². The van der Waals surface area contributed by atoms with E-state index < -0.39 is 24.5 Å². The third-order valence-corrected chi connectivity index (χ3v) is 4.99.